The van der Waals surface area contributed by atoms with Crippen molar-refractivity contribution in [2.24, 2.45) is 0 Å². The van der Waals surface area contributed by atoms with E-state index in [4.69, 9.17) is 25.5 Å². The molecule has 30 heavy (non-hydrogen) atoms. The third-order valence-corrected chi connectivity index (χ3v) is 4.42. The lowest BCUT2D eigenvalue weighted by atomic mass is 10.1. The lowest BCUT2D eigenvalue weighted by Gasteiger charge is -2.08. The molecule has 1 aromatic heterocycles. The Morgan fingerprint density at radius 1 is 1.23 bits per heavy atom. The Labute approximate surface area is 175 Å². The molecular formula is C20H17ClN2O7. The van der Waals surface area contributed by atoms with Gasteiger partial charge in [-0.05, 0) is 19.1 Å². The van der Waals surface area contributed by atoms with E-state index in [1.54, 1.807) is 18.2 Å². The Hall–Kier alpha value is -3.43. The molecule has 0 bridgehead atoms. The number of carbonyl (C=O) groups excluding carboxylic acids is 2. The van der Waals surface area contributed by atoms with Crippen LogP contribution in [0.1, 0.15) is 23.0 Å². The first kappa shape index (κ1) is 21.3. The van der Waals surface area contributed by atoms with Gasteiger partial charge in [0.25, 0.3) is 11.6 Å². The summed E-state index contributed by atoms with van der Waals surface area (Å²) in [5.74, 6) is -1.52. The Kier molecular flexibility index (Phi) is 6.65. The number of nitro groups is 1. The van der Waals surface area contributed by atoms with Gasteiger partial charge in [-0.2, -0.15) is 0 Å². The zero-order valence-corrected chi connectivity index (χ0v) is 16.6. The van der Waals surface area contributed by atoms with Gasteiger partial charge in [-0.3, -0.25) is 14.9 Å². The SMILES string of the molecule is CCOCc1c(C(=O)OCC(=O)Nc2ccc([N+](=O)[O-])cc2Cl)oc2ccccc12. The first-order chi connectivity index (χ1) is 14.4. The highest BCUT2D eigenvalue weighted by atomic mass is 35.5. The topological polar surface area (TPSA) is 121 Å². The number of esters is 1. The number of furan rings is 1. The van der Waals surface area contributed by atoms with Gasteiger partial charge in [-0.1, -0.05) is 29.8 Å². The predicted molar refractivity (Wildman–Crippen MR) is 109 cm³/mol. The number of rotatable bonds is 8. The molecule has 10 heteroatoms. The minimum absolute atomic E-state index is 0.0137. The van der Waals surface area contributed by atoms with Crippen LogP contribution in [0.5, 0.6) is 0 Å². The molecule has 0 spiro atoms. The molecule has 0 aliphatic rings. The highest BCUT2D eigenvalue weighted by Gasteiger charge is 2.23. The highest BCUT2D eigenvalue weighted by Crippen LogP contribution is 2.28. The molecule has 0 unspecified atom stereocenters. The third kappa shape index (κ3) is 4.76. The average Bonchev–Trinajstić information content (AvgIpc) is 3.10. The van der Waals surface area contributed by atoms with Crippen molar-refractivity contribution in [2.45, 2.75) is 13.5 Å². The van der Waals surface area contributed by atoms with Crippen molar-refractivity contribution in [3.05, 3.63) is 68.9 Å². The Balaban J connectivity index is 1.68. The van der Waals surface area contributed by atoms with E-state index in [9.17, 15) is 19.7 Å². The summed E-state index contributed by atoms with van der Waals surface area (Å²) in [6.45, 7) is 1.83. The Bertz CT molecular complexity index is 1110. The summed E-state index contributed by atoms with van der Waals surface area (Å²) in [6.07, 6.45) is 0. The smallest absolute Gasteiger partial charge is 0.375 e. The number of nitrogens with zero attached hydrogens (tertiary/aromatic N) is 1. The maximum atomic E-state index is 12.5. The molecule has 0 aliphatic heterocycles. The van der Waals surface area contributed by atoms with Crippen molar-refractivity contribution in [1.82, 2.24) is 0 Å². The number of anilines is 1. The zero-order valence-electron chi connectivity index (χ0n) is 15.8. The van der Waals surface area contributed by atoms with Crippen LogP contribution in [0.15, 0.2) is 46.9 Å². The normalized spacial score (nSPS) is 10.7. The van der Waals surface area contributed by atoms with E-state index in [2.05, 4.69) is 5.32 Å². The molecule has 3 aromatic rings. The van der Waals surface area contributed by atoms with Gasteiger partial charge in [-0.25, -0.2) is 4.79 Å². The van der Waals surface area contributed by atoms with E-state index in [0.29, 0.717) is 17.8 Å². The van der Waals surface area contributed by atoms with Crippen molar-refractivity contribution >= 4 is 45.8 Å². The molecule has 9 nitrogen and oxygen atoms in total. The second kappa shape index (κ2) is 9.38. The predicted octanol–water partition coefficient (Wildman–Crippen LogP) is 4.33. The number of para-hydroxylation sites is 1. The summed E-state index contributed by atoms with van der Waals surface area (Å²) in [7, 11) is 0. The average molecular weight is 433 g/mol. The number of nitrogens with one attached hydrogen (secondary N) is 1. The molecular weight excluding hydrogens is 416 g/mol. The highest BCUT2D eigenvalue weighted by molar-refractivity contribution is 6.34. The van der Waals surface area contributed by atoms with E-state index in [0.717, 1.165) is 11.5 Å². The van der Waals surface area contributed by atoms with Gasteiger partial charge < -0.3 is 19.2 Å². The Morgan fingerprint density at radius 3 is 2.70 bits per heavy atom. The van der Waals surface area contributed by atoms with Crippen LogP contribution in [0.25, 0.3) is 11.0 Å². The molecule has 2 aromatic carbocycles. The zero-order chi connectivity index (χ0) is 21.7. The number of benzene rings is 2. The van der Waals surface area contributed by atoms with E-state index < -0.39 is 23.4 Å². The number of hydrogen-bond donors (Lipinski definition) is 1. The van der Waals surface area contributed by atoms with Crippen LogP contribution in [0, 0.1) is 10.1 Å². The molecule has 1 heterocycles. The number of fused-ring (bicyclic) bond motifs is 1. The van der Waals surface area contributed by atoms with Crippen molar-refractivity contribution in [3.63, 3.8) is 0 Å². The third-order valence-electron chi connectivity index (χ3n) is 4.11. The second-order valence-electron chi connectivity index (χ2n) is 6.09. The van der Waals surface area contributed by atoms with E-state index in [-0.39, 0.29) is 28.8 Å². The number of amides is 1. The fourth-order valence-electron chi connectivity index (χ4n) is 2.71. The monoisotopic (exact) mass is 432 g/mol. The quantitative estimate of drug-likeness (QED) is 0.319. The minimum Gasteiger partial charge on any atom is -0.450 e. The summed E-state index contributed by atoms with van der Waals surface area (Å²) in [4.78, 5) is 34.7. The summed E-state index contributed by atoms with van der Waals surface area (Å²) < 4.78 is 16.1. The van der Waals surface area contributed by atoms with Gasteiger partial charge in [0.15, 0.2) is 6.61 Å². The van der Waals surface area contributed by atoms with E-state index >= 15 is 0 Å². The van der Waals surface area contributed by atoms with Crippen molar-refractivity contribution in [3.8, 4) is 0 Å². The van der Waals surface area contributed by atoms with Crippen LogP contribution in [0.2, 0.25) is 5.02 Å². The lowest BCUT2D eigenvalue weighted by Crippen LogP contribution is -2.21. The molecule has 0 saturated carbocycles. The summed E-state index contributed by atoms with van der Waals surface area (Å²) in [6, 6.07) is 10.7. The molecule has 0 saturated heterocycles. The van der Waals surface area contributed by atoms with Crippen molar-refractivity contribution in [1.29, 1.82) is 0 Å². The van der Waals surface area contributed by atoms with Gasteiger partial charge in [0.1, 0.15) is 5.58 Å². The van der Waals surface area contributed by atoms with Gasteiger partial charge in [0.05, 0.1) is 22.2 Å². The number of ether oxygens (including phenoxy) is 2. The molecule has 3 rings (SSSR count). The molecule has 0 radical (unpaired) electrons. The van der Waals surface area contributed by atoms with Crippen molar-refractivity contribution in [2.75, 3.05) is 18.5 Å². The standard InChI is InChI=1S/C20H17ClN2O7/c1-2-28-10-14-13-5-3-4-6-17(13)30-19(14)20(25)29-11-18(24)22-16-8-7-12(23(26)27)9-15(16)21/h3-9H,2,10-11H2,1H3,(H,22,24). The molecule has 0 aliphatic carbocycles. The largest absolute Gasteiger partial charge is 0.450 e. The number of non-ortho nitro benzene ring substituents is 1. The van der Waals surface area contributed by atoms with E-state index in [1.807, 2.05) is 13.0 Å². The minimum atomic E-state index is -0.814. The van der Waals surface area contributed by atoms with Gasteiger partial charge in [-0.15, -0.1) is 0 Å². The second-order valence-corrected chi connectivity index (χ2v) is 6.50. The van der Waals surface area contributed by atoms with Crippen LogP contribution in [0.3, 0.4) is 0 Å². The van der Waals surface area contributed by atoms with Crippen LogP contribution in [-0.4, -0.2) is 30.0 Å². The lowest BCUT2D eigenvalue weighted by molar-refractivity contribution is -0.384. The number of carbonyl (C=O) groups is 2. The van der Waals surface area contributed by atoms with Gasteiger partial charge in [0, 0.05) is 29.7 Å². The molecule has 1 N–H and O–H groups in total. The fourth-order valence-corrected chi connectivity index (χ4v) is 2.94. The number of hydrogen-bond acceptors (Lipinski definition) is 7. The fraction of sp³-hybridized carbons (Fsp3) is 0.200. The molecule has 1 amide bonds. The van der Waals surface area contributed by atoms with Gasteiger partial charge >= 0.3 is 5.97 Å². The summed E-state index contributed by atoms with van der Waals surface area (Å²) in [5, 5.41) is 13.9. The molecule has 0 fully saturated rings. The van der Waals surface area contributed by atoms with Crippen LogP contribution in [0.4, 0.5) is 11.4 Å². The van der Waals surface area contributed by atoms with E-state index in [1.165, 1.54) is 12.1 Å². The molecule has 0 atom stereocenters. The number of halogens is 1. The Morgan fingerprint density at radius 2 is 2.00 bits per heavy atom. The van der Waals surface area contributed by atoms with Crippen LogP contribution in [-0.2, 0) is 20.9 Å². The first-order valence-corrected chi connectivity index (χ1v) is 9.27. The summed E-state index contributed by atoms with van der Waals surface area (Å²) >= 11 is 5.93. The van der Waals surface area contributed by atoms with Crippen LogP contribution < -0.4 is 5.32 Å². The molecule has 156 valence electrons. The maximum absolute atomic E-state index is 12.5. The van der Waals surface area contributed by atoms with Crippen molar-refractivity contribution < 1.29 is 28.4 Å². The maximum Gasteiger partial charge on any atom is 0.375 e. The first-order valence-electron chi connectivity index (χ1n) is 8.89. The van der Waals surface area contributed by atoms with Crippen LogP contribution >= 0.6 is 11.6 Å². The number of nitro benzene ring substituents is 1. The summed E-state index contributed by atoms with van der Waals surface area (Å²) in [5.41, 5.74) is 0.984. The van der Waals surface area contributed by atoms with Gasteiger partial charge in [0.2, 0.25) is 5.76 Å².